The standard InChI is InChI=1S/C24H21N5O3/c30-23-21(13-14-29(23)17-9-5-2-6-10-17)32-18-11-12-19-20(15-18)27-28-22(19)26-24(31)25-16-7-3-1-4-8-16/h1-12,15,21H,13-14H2,(H3,25,26,27,28,31). The molecule has 4 aromatic rings. The number of H-pyrrole nitrogens is 1. The van der Waals surface area contributed by atoms with E-state index in [2.05, 4.69) is 20.8 Å². The number of fused-ring (bicyclic) bond motifs is 1. The minimum Gasteiger partial charge on any atom is -0.480 e. The van der Waals surface area contributed by atoms with Crippen LogP contribution in [0, 0.1) is 0 Å². The summed E-state index contributed by atoms with van der Waals surface area (Å²) in [5.74, 6) is 0.919. The first-order valence-electron chi connectivity index (χ1n) is 10.3. The van der Waals surface area contributed by atoms with Crippen molar-refractivity contribution in [3.05, 3.63) is 78.9 Å². The second-order valence-electron chi connectivity index (χ2n) is 7.45. The minimum atomic E-state index is -0.537. The molecule has 1 fully saturated rings. The Hall–Kier alpha value is -4.33. The van der Waals surface area contributed by atoms with Gasteiger partial charge in [-0.25, -0.2) is 4.79 Å². The Morgan fingerprint density at radius 2 is 1.75 bits per heavy atom. The zero-order valence-corrected chi connectivity index (χ0v) is 17.1. The number of ether oxygens (including phenoxy) is 1. The molecule has 160 valence electrons. The third-order valence-electron chi connectivity index (χ3n) is 5.30. The number of aromatic amines is 1. The summed E-state index contributed by atoms with van der Waals surface area (Å²) < 4.78 is 5.98. The zero-order chi connectivity index (χ0) is 21.9. The van der Waals surface area contributed by atoms with Gasteiger partial charge in [0.2, 0.25) is 0 Å². The van der Waals surface area contributed by atoms with Crippen LogP contribution in [0.4, 0.5) is 22.0 Å². The predicted octanol–water partition coefficient (Wildman–Crippen LogP) is 4.39. The molecule has 5 rings (SSSR count). The average molecular weight is 427 g/mol. The van der Waals surface area contributed by atoms with Crippen LogP contribution in [0.2, 0.25) is 0 Å². The van der Waals surface area contributed by atoms with Crippen molar-refractivity contribution in [2.45, 2.75) is 12.5 Å². The van der Waals surface area contributed by atoms with Crippen LogP contribution >= 0.6 is 0 Å². The van der Waals surface area contributed by atoms with Crippen molar-refractivity contribution in [1.82, 2.24) is 10.2 Å². The third-order valence-corrected chi connectivity index (χ3v) is 5.30. The van der Waals surface area contributed by atoms with E-state index in [0.29, 0.717) is 35.7 Å². The summed E-state index contributed by atoms with van der Waals surface area (Å²) in [6, 6.07) is 23.7. The van der Waals surface area contributed by atoms with Crippen molar-refractivity contribution in [2.24, 2.45) is 0 Å². The summed E-state index contributed by atoms with van der Waals surface area (Å²) in [6.45, 7) is 0.615. The fraction of sp³-hybridized carbons (Fsp3) is 0.125. The Morgan fingerprint density at radius 3 is 2.53 bits per heavy atom. The SMILES string of the molecule is O=C(Nc1ccccc1)Nc1n[nH]c2cc(OC3CCN(c4ccccc4)C3=O)ccc12. The van der Waals surface area contributed by atoms with Gasteiger partial charge < -0.3 is 15.0 Å². The molecule has 8 heteroatoms. The van der Waals surface area contributed by atoms with Gasteiger partial charge in [-0.05, 0) is 36.4 Å². The number of hydrogen-bond acceptors (Lipinski definition) is 4. The van der Waals surface area contributed by atoms with Crippen LogP contribution in [0.3, 0.4) is 0 Å². The maximum Gasteiger partial charge on any atom is 0.324 e. The lowest BCUT2D eigenvalue weighted by molar-refractivity contribution is -0.122. The number of benzene rings is 3. The van der Waals surface area contributed by atoms with Gasteiger partial charge in [-0.3, -0.25) is 15.2 Å². The number of nitrogens with one attached hydrogen (secondary N) is 3. The van der Waals surface area contributed by atoms with E-state index in [9.17, 15) is 9.59 Å². The second kappa shape index (κ2) is 8.43. The molecule has 1 aliphatic heterocycles. The van der Waals surface area contributed by atoms with Gasteiger partial charge in [0.05, 0.1) is 5.52 Å². The van der Waals surface area contributed by atoms with E-state index in [4.69, 9.17) is 4.74 Å². The Kier molecular flexibility index (Phi) is 5.17. The number of carbonyl (C=O) groups is 2. The molecular formula is C24H21N5O3. The molecular weight excluding hydrogens is 406 g/mol. The van der Waals surface area contributed by atoms with Gasteiger partial charge in [-0.1, -0.05) is 36.4 Å². The molecule has 1 aromatic heterocycles. The molecule has 1 saturated heterocycles. The molecule has 3 amide bonds. The highest BCUT2D eigenvalue weighted by Crippen LogP contribution is 2.28. The highest BCUT2D eigenvalue weighted by molar-refractivity contribution is 6.04. The first kappa shape index (κ1) is 19.6. The Balaban J connectivity index is 1.26. The van der Waals surface area contributed by atoms with Crippen molar-refractivity contribution in [2.75, 3.05) is 22.1 Å². The monoisotopic (exact) mass is 427 g/mol. The lowest BCUT2D eigenvalue weighted by Gasteiger charge is -2.17. The third kappa shape index (κ3) is 3.98. The molecule has 1 aliphatic rings. The Bertz CT molecular complexity index is 1260. The van der Waals surface area contributed by atoms with Gasteiger partial charge in [0.25, 0.3) is 5.91 Å². The van der Waals surface area contributed by atoms with Crippen molar-refractivity contribution in [3.63, 3.8) is 0 Å². The van der Waals surface area contributed by atoms with Gasteiger partial charge >= 0.3 is 6.03 Å². The number of rotatable bonds is 5. The average Bonchev–Trinajstić information content (AvgIpc) is 3.38. The molecule has 1 atom stereocenters. The van der Waals surface area contributed by atoms with E-state index < -0.39 is 6.10 Å². The van der Waals surface area contributed by atoms with Crippen molar-refractivity contribution < 1.29 is 14.3 Å². The molecule has 8 nitrogen and oxygen atoms in total. The number of carbonyl (C=O) groups excluding carboxylic acids is 2. The molecule has 1 unspecified atom stereocenters. The highest BCUT2D eigenvalue weighted by Gasteiger charge is 2.34. The van der Waals surface area contributed by atoms with Gasteiger partial charge in [-0.2, -0.15) is 5.10 Å². The number of amides is 3. The Labute approximate surface area is 184 Å². The van der Waals surface area contributed by atoms with Gasteiger partial charge in [0, 0.05) is 35.8 Å². The fourth-order valence-electron chi connectivity index (χ4n) is 3.75. The number of anilines is 3. The van der Waals surface area contributed by atoms with E-state index in [0.717, 1.165) is 11.1 Å². The molecule has 0 bridgehead atoms. The minimum absolute atomic E-state index is 0.0548. The lowest BCUT2D eigenvalue weighted by Crippen LogP contribution is -2.32. The molecule has 3 aromatic carbocycles. The molecule has 3 N–H and O–H groups in total. The molecule has 0 saturated carbocycles. The number of hydrogen-bond donors (Lipinski definition) is 3. The number of urea groups is 1. The van der Waals surface area contributed by atoms with Crippen molar-refractivity contribution in [1.29, 1.82) is 0 Å². The molecule has 0 spiro atoms. The number of aromatic nitrogens is 2. The van der Waals surface area contributed by atoms with Gasteiger partial charge in [-0.15, -0.1) is 0 Å². The van der Waals surface area contributed by atoms with Crippen molar-refractivity contribution in [3.8, 4) is 5.75 Å². The van der Waals surface area contributed by atoms with Crippen LogP contribution in [-0.4, -0.2) is 34.8 Å². The van der Waals surface area contributed by atoms with E-state index in [1.165, 1.54) is 0 Å². The van der Waals surface area contributed by atoms with E-state index in [1.54, 1.807) is 35.2 Å². The van der Waals surface area contributed by atoms with Crippen LogP contribution in [0.25, 0.3) is 10.9 Å². The summed E-state index contributed by atoms with van der Waals surface area (Å²) in [4.78, 5) is 26.8. The Morgan fingerprint density at radius 1 is 1.00 bits per heavy atom. The maximum atomic E-state index is 12.8. The fourth-order valence-corrected chi connectivity index (χ4v) is 3.75. The number of para-hydroxylation sites is 2. The van der Waals surface area contributed by atoms with E-state index in [1.807, 2.05) is 48.5 Å². The van der Waals surface area contributed by atoms with E-state index >= 15 is 0 Å². The first-order chi connectivity index (χ1) is 15.7. The summed E-state index contributed by atoms with van der Waals surface area (Å²) in [5, 5.41) is 13.3. The summed E-state index contributed by atoms with van der Waals surface area (Å²) in [7, 11) is 0. The van der Waals surface area contributed by atoms with Crippen LogP contribution in [0.15, 0.2) is 78.9 Å². The first-order valence-corrected chi connectivity index (χ1v) is 10.3. The van der Waals surface area contributed by atoms with Gasteiger partial charge in [0.1, 0.15) is 5.75 Å². The maximum absolute atomic E-state index is 12.8. The molecule has 0 radical (unpaired) electrons. The van der Waals surface area contributed by atoms with Crippen LogP contribution in [0.1, 0.15) is 6.42 Å². The van der Waals surface area contributed by atoms with Gasteiger partial charge in [0.15, 0.2) is 11.9 Å². The van der Waals surface area contributed by atoms with E-state index in [-0.39, 0.29) is 11.9 Å². The van der Waals surface area contributed by atoms with Crippen LogP contribution in [0.5, 0.6) is 5.75 Å². The quantitative estimate of drug-likeness (QED) is 0.440. The summed E-state index contributed by atoms with van der Waals surface area (Å²) in [6.07, 6.45) is 0.0751. The van der Waals surface area contributed by atoms with Crippen molar-refractivity contribution >= 4 is 40.0 Å². The second-order valence-corrected chi connectivity index (χ2v) is 7.45. The normalized spacial score (nSPS) is 15.7. The predicted molar refractivity (Wildman–Crippen MR) is 123 cm³/mol. The molecule has 0 aliphatic carbocycles. The highest BCUT2D eigenvalue weighted by atomic mass is 16.5. The topological polar surface area (TPSA) is 99.3 Å². The summed E-state index contributed by atoms with van der Waals surface area (Å²) >= 11 is 0. The smallest absolute Gasteiger partial charge is 0.324 e. The van der Waals surface area contributed by atoms with Crippen LogP contribution in [-0.2, 0) is 4.79 Å². The summed E-state index contributed by atoms with van der Waals surface area (Å²) in [5.41, 5.74) is 2.26. The molecule has 32 heavy (non-hydrogen) atoms. The largest absolute Gasteiger partial charge is 0.480 e. The molecule has 2 heterocycles. The van der Waals surface area contributed by atoms with Crippen LogP contribution < -0.4 is 20.3 Å². The number of nitrogens with zero attached hydrogens (tertiary/aromatic N) is 2. The zero-order valence-electron chi connectivity index (χ0n) is 17.1. The lowest BCUT2D eigenvalue weighted by atomic mass is 10.2.